The van der Waals surface area contributed by atoms with Crippen molar-refractivity contribution in [2.45, 2.75) is 48.4 Å². The van der Waals surface area contributed by atoms with E-state index in [2.05, 4.69) is 0 Å². The number of rotatable bonds is 4. The molecule has 0 amide bonds. The lowest BCUT2D eigenvalue weighted by Crippen LogP contribution is -2.78. The Hall–Kier alpha value is -0.750. The molecule has 4 atom stereocenters. The molecule has 8 heteroatoms. The molecule has 4 unspecified atom stereocenters. The molecule has 0 radical (unpaired) electrons. The van der Waals surface area contributed by atoms with Crippen LogP contribution >= 0.6 is 19.9 Å². The van der Waals surface area contributed by atoms with Gasteiger partial charge >= 0.3 is 8.25 Å². The summed E-state index contributed by atoms with van der Waals surface area (Å²) in [6.07, 6.45) is 5.02. The molecule has 5 aliphatic rings. The number of halogens is 1. The van der Waals surface area contributed by atoms with E-state index in [0.29, 0.717) is 11.7 Å². The van der Waals surface area contributed by atoms with Crippen molar-refractivity contribution in [2.24, 2.45) is 17.8 Å². The second-order valence-corrected chi connectivity index (χ2v) is 9.59. The van der Waals surface area contributed by atoms with E-state index in [4.69, 9.17) is 35.5 Å². The highest BCUT2D eigenvalue weighted by atomic mass is 35.5. The van der Waals surface area contributed by atoms with Crippen LogP contribution in [0.5, 0.6) is 5.75 Å². The van der Waals surface area contributed by atoms with Crippen molar-refractivity contribution in [3.05, 3.63) is 29.8 Å². The van der Waals surface area contributed by atoms with Gasteiger partial charge < -0.3 is 4.74 Å². The highest BCUT2D eigenvalue weighted by Gasteiger charge is 2.78. The van der Waals surface area contributed by atoms with Crippen LogP contribution in [0.2, 0.25) is 0 Å². The summed E-state index contributed by atoms with van der Waals surface area (Å²) in [6, 6.07) is 6.97. The first-order valence-corrected chi connectivity index (χ1v) is 10.5. The monoisotopic (exact) mass is 399 g/mol. The number of alkyl halides is 1. The van der Waals surface area contributed by atoms with Crippen LogP contribution in [0.1, 0.15) is 37.7 Å². The van der Waals surface area contributed by atoms with Crippen LogP contribution in [0, 0.1) is 17.8 Å². The predicted molar refractivity (Wildman–Crippen MR) is 92.6 cm³/mol. The van der Waals surface area contributed by atoms with E-state index in [1.807, 2.05) is 6.07 Å². The maximum absolute atomic E-state index is 11.0. The van der Waals surface area contributed by atoms with E-state index in [0.717, 1.165) is 37.7 Å². The molecule has 5 fully saturated rings. The average molecular weight is 400 g/mol. The van der Waals surface area contributed by atoms with Gasteiger partial charge in [0, 0.05) is 22.1 Å². The zero-order valence-corrected chi connectivity index (χ0v) is 16.0. The maximum Gasteiger partial charge on any atom is 0.747 e. The summed E-state index contributed by atoms with van der Waals surface area (Å²) in [4.78, 5) is 20.5. The predicted octanol–water partition coefficient (Wildman–Crippen LogP) is 4.03. The Morgan fingerprint density at radius 3 is 2.50 bits per heavy atom. The zero-order valence-electron chi connectivity index (χ0n) is 14.4. The Morgan fingerprint density at radius 2 is 1.96 bits per heavy atom. The van der Waals surface area contributed by atoms with Gasteiger partial charge in [0.15, 0.2) is 11.4 Å². The zero-order chi connectivity index (χ0) is 18.2. The first-order valence-electron chi connectivity index (χ1n) is 8.96. The molecule has 4 bridgehead atoms. The second-order valence-electron chi connectivity index (χ2n) is 8.13. The van der Waals surface area contributed by atoms with Gasteiger partial charge in [-0.1, -0.05) is 12.1 Å². The Bertz CT molecular complexity index is 752. The molecule has 1 N–H and O–H groups in total. The third-order valence-electron chi connectivity index (χ3n) is 6.82. The lowest BCUT2D eigenvalue weighted by Gasteiger charge is -2.70. The molecule has 4 aliphatic carbocycles. The van der Waals surface area contributed by atoms with Crippen molar-refractivity contribution >= 4 is 19.9 Å². The van der Waals surface area contributed by atoms with E-state index >= 15 is 0 Å². The summed E-state index contributed by atoms with van der Waals surface area (Å²) in [7, 11) is -1.12. The number of benzene rings is 1. The highest BCUT2D eigenvalue weighted by Crippen LogP contribution is 2.71. The summed E-state index contributed by atoms with van der Waals surface area (Å²) in [5, 5.41) is 0. The lowest BCUT2D eigenvalue weighted by molar-refractivity contribution is -0.645. The van der Waals surface area contributed by atoms with Crippen LogP contribution in [-0.4, -0.2) is 22.5 Å². The van der Waals surface area contributed by atoms with Crippen LogP contribution in [0.4, 0.5) is 0 Å². The number of hydrogen-bond donors (Lipinski definition) is 1. The van der Waals surface area contributed by atoms with Gasteiger partial charge in [-0.15, -0.1) is 16.5 Å². The van der Waals surface area contributed by atoms with Gasteiger partial charge in [0.1, 0.15) is 0 Å². The third kappa shape index (κ3) is 2.15. The Balaban J connectivity index is 1.57. The summed E-state index contributed by atoms with van der Waals surface area (Å²) < 4.78 is 22.0. The summed E-state index contributed by atoms with van der Waals surface area (Å²) in [6.45, 7) is 0. The molecule has 1 saturated heterocycles. The normalized spacial score (nSPS) is 46.3. The van der Waals surface area contributed by atoms with E-state index in [1.165, 1.54) is 0 Å². The molecular formula is C18H21ClO6P+. The van der Waals surface area contributed by atoms with Gasteiger partial charge in [-0.2, -0.15) is 4.89 Å². The van der Waals surface area contributed by atoms with E-state index in [9.17, 15) is 4.57 Å². The first kappa shape index (κ1) is 17.4. The fraction of sp³-hybridized carbons (Fsp3) is 0.667. The fourth-order valence-corrected chi connectivity index (χ4v) is 7.08. The largest absolute Gasteiger partial charge is 0.747 e. The van der Waals surface area contributed by atoms with Crippen molar-refractivity contribution < 1.29 is 28.5 Å². The number of ether oxygens (including phenoxy) is 1. The van der Waals surface area contributed by atoms with Gasteiger partial charge in [-0.3, -0.25) is 0 Å². The molecule has 1 aliphatic heterocycles. The maximum atomic E-state index is 11.0. The Kier molecular flexibility index (Phi) is 3.76. The number of methoxy groups -OCH3 is 1. The average Bonchev–Trinajstić information content (AvgIpc) is 2.53. The molecule has 1 heterocycles. The van der Waals surface area contributed by atoms with E-state index in [1.54, 1.807) is 25.3 Å². The van der Waals surface area contributed by atoms with Crippen molar-refractivity contribution in [1.29, 1.82) is 0 Å². The van der Waals surface area contributed by atoms with Crippen LogP contribution in [0.3, 0.4) is 0 Å². The molecule has 1 spiro atoms. The quantitative estimate of drug-likeness (QED) is 0.468. The SMILES string of the molecule is COC1(c2cccc(O[P+](=O)O)c2)OOC12C1CC3CC2CC(Cl)(C3)C1. The van der Waals surface area contributed by atoms with Crippen LogP contribution in [0.15, 0.2) is 24.3 Å². The second kappa shape index (κ2) is 5.63. The first-order chi connectivity index (χ1) is 12.4. The topological polar surface area (TPSA) is 74.2 Å². The fourth-order valence-electron chi connectivity index (χ4n) is 6.19. The minimum absolute atomic E-state index is 0.125. The van der Waals surface area contributed by atoms with Crippen LogP contribution < -0.4 is 4.52 Å². The van der Waals surface area contributed by atoms with Crippen molar-refractivity contribution in [2.75, 3.05) is 7.11 Å². The Morgan fingerprint density at radius 1 is 1.23 bits per heavy atom. The Labute approximate surface area is 157 Å². The minimum atomic E-state index is -2.74. The van der Waals surface area contributed by atoms with E-state index < -0.39 is 19.6 Å². The van der Waals surface area contributed by atoms with Crippen molar-refractivity contribution in [1.82, 2.24) is 0 Å². The molecule has 1 aromatic rings. The summed E-state index contributed by atoms with van der Waals surface area (Å²) in [5.74, 6) is 0.412. The minimum Gasteiger partial charge on any atom is -0.345 e. The molecule has 1 aromatic carbocycles. The van der Waals surface area contributed by atoms with Gasteiger partial charge in [0.25, 0.3) is 5.79 Å². The van der Waals surface area contributed by atoms with Crippen LogP contribution in [-0.2, 0) is 24.9 Å². The third-order valence-corrected chi connectivity index (χ3v) is 7.65. The standard InChI is InChI=1S/C18H20ClO6P/c1-22-18(12-3-2-4-15(7-12)23-26(20)21)17(24-25-18)13-5-11-6-14(17)10-16(19,8-11)9-13/h2-4,7,11,13-14H,5-6,8-10H2,1H3/p+1. The van der Waals surface area contributed by atoms with Gasteiger partial charge in [-0.05, 0) is 62.0 Å². The highest BCUT2D eigenvalue weighted by molar-refractivity contribution is 7.32. The molecule has 0 aromatic heterocycles. The molecule has 140 valence electrons. The van der Waals surface area contributed by atoms with Gasteiger partial charge in [0.2, 0.25) is 0 Å². The number of hydrogen-bond acceptors (Lipinski definition) is 5. The van der Waals surface area contributed by atoms with E-state index in [-0.39, 0.29) is 16.7 Å². The molecule has 26 heavy (non-hydrogen) atoms. The summed E-state index contributed by atoms with van der Waals surface area (Å²) >= 11 is 6.89. The lowest BCUT2D eigenvalue weighted by atomic mass is 9.46. The smallest absolute Gasteiger partial charge is 0.345 e. The van der Waals surface area contributed by atoms with Gasteiger partial charge in [-0.25, -0.2) is 9.41 Å². The van der Waals surface area contributed by atoms with Gasteiger partial charge in [0.05, 0.1) is 0 Å². The van der Waals surface area contributed by atoms with Crippen molar-refractivity contribution in [3.8, 4) is 5.75 Å². The van der Waals surface area contributed by atoms with Crippen molar-refractivity contribution in [3.63, 3.8) is 0 Å². The summed E-state index contributed by atoms with van der Waals surface area (Å²) in [5.41, 5.74) is 0.161. The molecular weight excluding hydrogens is 379 g/mol. The van der Waals surface area contributed by atoms with Crippen LogP contribution in [0.25, 0.3) is 0 Å². The molecule has 6 rings (SSSR count). The molecule has 4 saturated carbocycles. The molecule has 6 nitrogen and oxygen atoms in total.